The van der Waals surface area contributed by atoms with Gasteiger partial charge in [-0.25, -0.2) is 4.79 Å². The number of hydrogen-bond acceptors (Lipinski definition) is 4. The molecule has 0 bridgehead atoms. The van der Waals surface area contributed by atoms with E-state index in [9.17, 15) is 9.59 Å². The standard InChI is InChI=1S/C10H12NO4S/c1-6(15-2)5-11-9(12)7-3-4-8(16-7)10(13)14/h3-4,6H,1,5H2,2H3,(H,11,12)(H,13,14). The first-order valence-corrected chi connectivity index (χ1v) is 5.33. The summed E-state index contributed by atoms with van der Waals surface area (Å²) in [5.41, 5.74) is 0. The van der Waals surface area contributed by atoms with Crippen LogP contribution in [0.15, 0.2) is 12.1 Å². The largest absolute Gasteiger partial charge is 0.477 e. The van der Waals surface area contributed by atoms with Crippen LogP contribution in [0.1, 0.15) is 19.3 Å². The van der Waals surface area contributed by atoms with Gasteiger partial charge in [0.2, 0.25) is 0 Å². The monoisotopic (exact) mass is 242 g/mol. The molecule has 2 N–H and O–H groups in total. The molecule has 1 radical (unpaired) electrons. The number of amides is 1. The molecule has 0 aliphatic heterocycles. The number of nitrogens with one attached hydrogen (secondary N) is 1. The second-order valence-electron chi connectivity index (χ2n) is 3.04. The molecule has 0 fully saturated rings. The van der Waals surface area contributed by atoms with Gasteiger partial charge in [0.05, 0.1) is 11.0 Å². The number of carboxylic acids is 1. The number of carbonyl (C=O) groups excluding carboxylic acids is 1. The number of carbonyl (C=O) groups is 2. The first-order valence-electron chi connectivity index (χ1n) is 4.51. The number of thiophene rings is 1. The van der Waals surface area contributed by atoms with Crippen LogP contribution in [0.3, 0.4) is 0 Å². The summed E-state index contributed by atoms with van der Waals surface area (Å²) in [6, 6.07) is 2.88. The van der Waals surface area contributed by atoms with E-state index in [0.29, 0.717) is 4.88 Å². The normalized spacial score (nSPS) is 12.1. The summed E-state index contributed by atoms with van der Waals surface area (Å²) in [7, 11) is 1.50. The fourth-order valence-electron chi connectivity index (χ4n) is 0.952. The zero-order valence-corrected chi connectivity index (χ0v) is 9.54. The van der Waals surface area contributed by atoms with Crippen molar-refractivity contribution in [2.45, 2.75) is 6.10 Å². The van der Waals surface area contributed by atoms with Crippen LogP contribution in [0, 0.1) is 6.92 Å². The smallest absolute Gasteiger partial charge is 0.345 e. The summed E-state index contributed by atoms with van der Waals surface area (Å²) in [6.45, 7) is 3.92. The average Bonchev–Trinajstić information content (AvgIpc) is 2.74. The van der Waals surface area contributed by atoms with Gasteiger partial charge in [-0.1, -0.05) is 0 Å². The Morgan fingerprint density at radius 2 is 2.19 bits per heavy atom. The van der Waals surface area contributed by atoms with Crippen LogP contribution in [0.4, 0.5) is 0 Å². The minimum atomic E-state index is -1.03. The van der Waals surface area contributed by atoms with Gasteiger partial charge in [0, 0.05) is 13.7 Å². The molecule has 1 aromatic rings. The maximum atomic E-state index is 11.5. The SMILES string of the molecule is [CH2]C(CNC(=O)c1ccc(C(=O)O)s1)OC. The van der Waals surface area contributed by atoms with Crippen LogP contribution < -0.4 is 5.32 Å². The lowest BCUT2D eigenvalue weighted by Crippen LogP contribution is -2.31. The Labute approximate surface area is 97.0 Å². The molecule has 1 amide bonds. The van der Waals surface area contributed by atoms with Crippen LogP contribution >= 0.6 is 11.3 Å². The fraction of sp³-hybridized carbons (Fsp3) is 0.300. The van der Waals surface area contributed by atoms with Gasteiger partial charge in [-0.2, -0.15) is 0 Å². The van der Waals surface area contributed by atoms with Crippen LogP contribution in [0.5, 0.6) is 0 Å². The molecule has 1 atom stereocenters. The Morgan fingerprint density at radius 3 is 2.69 bits per heavy atom. The lowest BCUT2D eigenvalue weighted by molar-refractivity contribution is 0.0702. The van der Waals surface area contributed by atoms with E-state index in [4.69, 9.17) is 9.84 Å². The minimum absolute atomic E-state index is 0.142. The zero-order chi connectivity index (χ0) is 12.1. The molecule has 1 heterocycles. The summed E-state index contributed by atoms with van der Waals surface area (Å²) in [4.78, 5) is 22.6. The van der Waals surface area contributed by atoms with E-state index in [2.05, 4.69) is 12.2 Å². The van der Waals surface area contributed by atoms with Crippen LogP contribution in [0.25, 0.3) is 0 Å². The summed E-state index contributed by atoms with van der Waals surface area (Å²) in [5, 5.41) is 11.3. The first-order chi connectivity index (χ1) is 7.54. The number of carboxylic acid groups (broad SMARTS) is 1. The number of hydrogen-bond donors (Lipinski definition) is 2. The second-order valence-corrected chi connectivity index (χ2v) is 4.12. The highest BCUT2D eigenvalue weighted by atomic mass is 32.1. The highest BCUT2D eigenvalue weighted by Crippen LogP contribution is 2.16. The van der Waals surface area contributed by atoms with Gasteiger partial charge in [-0.3, -0.25) is 4.79 Å². The highest BCUT2D eigenvalue weighted by Gasteiger charge is 2.13. The van der Waals surface area contributed by atoms with Gasteiger partial charge in [0.1, 0.15) is 4.88 Å². The van der Waals surface area contributed by atoms with Crippen molar-refractivity contribution in [3.63, 3.8) is 0 Å². The quantitative estimate of drug-likeness (QED) is 0.808. The van der Waals surface area contributed by atoms with Gasteiger partial charge >= 0.3 is 5.97 Å². The van der Waals surface area contributed by atoms with Crippen molar-refractivity contribution in [2.75, 3.05) is 13.7 Å². The second kappa shape index (κ2) is 5.62. The fourth-order valence-corrected chi connectivity index (χ4v) is 1.71. The number of methoxy groups -OCH3 is 1. The van der Waals surface area contributed by atoms with Crippen molar-refractivity contribution in [1.29, 1.82) is 0 Å². The third kappa shape index (κ3) is 3.32. The van der Waals surface area contributed by atoms with Crippen LogP contribution in [-0.4, -0.2) is 36.7 Å². The van der Waals surface area contributed by atoms with Crippen molar-refractivity contribution in [3.05, 3.63) is 28.8 Å². The molecule has 0 aliphatic carbocycles. The van der Waals surface area contributed by atoms with Gasteiger partial charge in [-0.15, -0.1) is 11.3 Å². The molecule has 0 spiro atoms. The minimum Gasteiger partial charge on any atom is -0.477 e. The molecule has 1 unspecified atom stereocenters. The van der Waals surface area contributed by atoms with Gasteiger partial charge < -0.3 is 15.2 Å². The summed E-state index contributed by atoms with van der Waals surface area (Å²) < 4.78 is 4.86. The van der Waals surface area contributed by atoms with E-state index in [1.54, 1.807) is 0 Å². The Balaban J connectivity index is 2.56. The maximum Gasteiger partial charge on any atom is 0.345 e. The summed E-state index contributed by atoms with van der Waals surface area (Å²) in [5.74, 6) is -1.35. The number of ether oxygens (including phenoxy) is 1. The maximum absolute atomic E-state index is 11.5. The molecule has 0 aliphatic rings. The topological polar surface area (TPSA) is 75.6 Å². The van der Waals surface area contributed by atoms with Crippen LogP contribution in [-0.2, 0) is 4.74 Å². The van der Waals surface area contributed by atoms with Gasteiger partial charge in [0.25, 0.3) is 5.91 Å². The van der Waals surface area contributed by atoms with E-state index >= 15 is 0 Å². The van der Waals surface area contributed by atoms with E-state index in [1.807, 2.05) is 0 Å². The van der Waals surface area contributed by atoms with Gasteiger partial charge in [0.15, 0.2) is 0 Å². The van der Waals surface area contributed by atoms with E-state index < -0.39 is 5.97 Å². The summed E-state index contributed by atoms with van der Waals surface area (Å²) in [6.07, 6.45) is -0.317. The molecule has 0 saturated heterocycles. The Bertz CT molecular complexity index is 388. The molecule has 5 nitrogen and oxygen atoms in total. The molecule has 87 valence electrons. The number of rotatable bonds is 5. The first kappa shape index (κ1) is 12.7. The average molecular weight is 242 g/mol. The molecule has 16 heavy (non-hydrogen) atoms. The predicted octanol–water partition coefficient (Wildman–Crippen LogP) is 1.03. The molecule has 0 aromatic carbocycles. The third-order valence-corrected chi connectivity index (χ3v) is 2.94. The van der Waals surface area contributed by atoms with Crippen molar-refractivity contribution in [2.24, 2.45) is 0 Å². The number of aromatic carboxylic acids is 1. The van der Waals surface area contributed by atoms with Crippen molar-refractivity contribution in [3.8, 4) is 0 Å². The lowest BCUT2D eigenvalue weighted by atomic mass is 10.3. The van der Waals surface area contributed by atoms with Crippen molar-refractivity contribution >= 4 is 23.2 Å². The Morgan fingerprint density at radius 1 is 1.56 bits per heavy atom. The highest BCUT2D eigenvalue weighted by molar-refractivity contribution is 7.15. The molecule has 6 heteroatoms. The molecule has 0 saturated carbocycles. The van der Waals surface area contributed by atoms with E-state index in [-0.39, 0.29) is 23.4 Å². The van der Waals surface area contributed by atoms with Crippen molar-refractivity contribution in [1.82, 2.24) is 5.32 Å². The van der Waals surface area contributed by atoms with Gasteiger partial charge in [-0.05, 0) is 19.1 Å². The van der Waals surface area contributed by atoms with E-state index in [0.717, 1.165) is 11.3 Å². The van der Waals surface area contributed by atoms with Crippen LogP contribution in [0.2, 0.25) is 0 Å². The Kier molecular flexibility index (Phi) is 4.45. The van der Waals surface area contributed by atoms with Crippen molar-refractivity contribution < 1.29 is 19.4 Å². The molecule has 1 aromatic heterocycles. The summed E-state index contributed by atoms with van der Waals surface area (Å²) >= 11 is 0.936. The predicted molar refractivity (Wildman–Crippen MR) is 59.8 cm³/mol. The Hall–Kier alpha value is -1.40. The molecular formula is C10H12NO4S. The zero-order valence-electron chi connectivity index (χ0n) is 8.73. The lowest BCUT2D eigenvalue weighted by Gasteiger charge is -2.09. The van der Waals surface area contributed by atoms with E-state index in [1.165, 1.54) is 19.2 Å². The molecular weight excluding hydrogens is 230 g/mol. The molecule has 1 rings (SSSR count). The third-order valence-electron chi connectivity index (χ3n) is 1.86.